The van der Waals surface area contributed by atoms with Crippen molar-refractivity contribution in [3.05, 3.63) is 63.6 Å². The average Bonchev–Trinajstić information content (AvgIpc) is 3.21. The van der Waals surface area contributed by atoms with Gasteiger partial charge in [-0.05, 0) is 62.1 Å². The van der Waals surface area contributed by atoms with E-state index in [-0.39, 0.29) is 11.9 Å². The maximum absolute atomic E-state index is 12.9. The predicted octanol–water partition coefficient (Wildman–Crippen LogP) is 4.88. The number of halogens is 1. The van der Waals surface area contributed by atoms with Gasteiger partial charge in [0.25, 0.3) is 5.91 Å². The van der Waals surface area contributed by atoms with Crippen LogP contribution in [0.15, 0.2) is 52.3 Å². The molecule has 2 aliphatic heterocycles. The molecule has 5 rings (SSSR count). The van der Waals surface area contributed by atoms with Gasteiger partial charge in [0, 0.05) is 34.4 Å². The van der Waals surface area contributed by atoms with Gasteiger partial charge in [0.2, 0.25) is 0 Å². The molecular formula is C24H25ClN4OS. The number of rotatable bonds is 6. The second-order valence-corrected chi connectivity index (χ2v) is 9.67. The van der Waals surface area contributed by atoms with Gasteiger partial charge in [-0.15, -0.1) is 0 Å². The number of carbonyl (C=O) groups is 1. The third-order valence-electron chi connectivity index (χ3n) is 6.09. The van der Waals surface area contributed by atoms with E-state index in [1.807, 2.05) is 42.5 Å². The van der Waals surface area contributed by atoms with E-state index in [4.69, 9.17) is 11.6 Å². The zero-order chi connectivity index (χ0) is 21.2. The summed E-state index contributed by atoms with van der Waals surface area (Å²) in [5.41, 5.74) is 3.08. The number of nitrogens with zero attached hydrogens (tertiary/aromatic N) is 2. The number of nitrogens with one attached hydrogen (secondary N) is 2. The Morgan fingerprint density at radius 2 is 2.03 bits per heavy atom. The van der Waals surface area contributed by atoms with Crippen LogP contribution in [0.2, 0.25) is 5.02 Å². The Labute approximate surface area is 191 Å². The summed E-state index contributed by atoms with van der Waals surface area (Å²) in [6.45, 7) is 3.10. The van der Waals surface area contributed by atoms with Crippen LogP contribution >= 0.6 is 23.4 Å². The third kappa shape index (κ3) is 4.52. The van der Waals surface area contributed by atoms with Crippen molar-refractivity contribution in [1.29, 1.82) is 0 Å². The van der Waals surface area contributed by atoms with E-state index in [0.717, 1.165) is 76.7 Å². The number of H-pyrrole nitrogens is 1. The predicted molar refractivity (Wildman–Crippen MR) is 127 cm³/mol. The van der Waals surface area contributed by atoms with E-state index in [0.29, 0.717) is 0 Å². The number of hydrogen-bond acceptors (Lipinski definition) is 4. The molecule has 0 unspecified atom stereocenters. The van der Waals surface area contributed by atoms with Crippen LogP contribution in [-0.4, -0.2) is 46.7 Å². The standard InChI is InChI=1S/C24H25ClN4OS/c25-18-7-2-1-5-16(18)6-4-12-29-13-10-17(11-14-29)26-24(30)22-15-20-23-19(27-28-20)8-3-9-21(23)31-22/h1-3,5,7-9,15,17H,4,6,10-14H2,(H,26,30)(H,27,28). The molecular weight excluding hydrogens is 428 g/mol. The number of likely N-dealkylation sites (tertiary alicyclic amines) is 1. The minimum Gasteiger partial charge on any atom is -0.349 e. The van der Waals surface area contributed by atoms with Crippen LogP contribution in [-0.2, 0) is 11.2 Å². The summed E-state index contributed by atoms with van der Waals surface area (Å²) in [6.07, 6.45) is 6.00. The average molecular weight is 453 g/mol. The fraction of sp³-hybridized carbons (Fsp3) is 0.333. The lowest BCUT2D eigenvalue weighted by atomic mass is 10.0. The number of aryl methyl sites for hydroxylation is 1. The Morgan fingerprint density at radius 1 is 1.19 bits per heavy atom. The van der Waals surface area contributed by atoms with Crippen LogP contribution in [0.1, 0.15) is 30.5 Å². The second kappa shape index (κ2) is 9.07. The Kier molecular flexibility index (Phi) is 6.03. The molecule has 2 aromatic carbocycles. The number of aromatic amines is 1. The number of amides is 1. The number of carbonyl (C=O) groups excluding carboxylic acids is 1. The van der Waals surface area contributed by atoms with Crippen LogP contribution in [0.4, 0.5) is 0 Å². The van der Waals surface area contributed by atoms with Crippen LogP contribution in [0.3, 0.4) is 0 Å². The maximum Gasteiger partial charge on any atom is 0.258 e. The summed E-state index contributed by atoms with van der Waals surface area (Å²) in [5, 5.41) is 12.6. The monoisotopic (exact) mass is 452 g/mol. The van der Waals surface area contributed by atoms with Gasteiger partial charge >= 0.3 is 0 Å². The van der Waals surface area contributed by atoms with Crippen LogP contribution in [0.25, 0.3) is 17.0 Å². The molecule has 31 heavy (non-hydrogen) atoms. The summed E-state index contributed by atoms with van der Waals surface area (Å²) in [4.78, 5) is 17.2. The highest BCUT2D eigenvalue weighted by Crippen LogP contribution is 2.39. The Bertz CT molecular complexity index is 1130. The normalized spacial score (nSPS) is 17.0. The third-order valence-corrected chi connectivity index (χ3v) is 7.54. The number of aromatic nitrogens is 2. The molecule has 7 heteroatoms. The van der Waals surface area contributed by atoms with Crippen molar-refractivity contribution >= 4 is 46.2 Å². The molecule has 2 N–H and O–H groups in total. The fourth-order valence-electron chi connectivity index (χ4n) is 4.39. The largest absolute Gasteiger partial charge is 0.349 e. The highest BCUT2D eigenvalue weighted by molar-refractivity contribution is 8.04. The Hall–Kier alpha value is -2.28. The van der Waals surface area contributed by atoms with Crippen molar-refractivity contribution in [3.63, 3.8) is 0 Å². The molecule has 0 atom stereocenters. The van der Waals surface area contributed by atoms with Gasteiger partial charge in [0.15, 0.2) is 0 Å². The van der Waals surface area contributed by atoms with E-state index in [1.165, 1.54) is 17.3 Å². The highest BCUT2D eigenvalue weighted by Gasteiger charge is 2.25. The van der Waals surface area contributed by atoms with Gasteiger partial charge in [-0.3, -0.25) is 9.89 Å². The maximum atomic E-state index is 12.9. The molecule has 0 radical (unpaired) electrons. The van der Waals surface area contributed by atoms with Gasteiger partial charge in [-0.25, -0.2) is 0 Å². The summed E-state index contributed by atoms with van der Waals surface area (Å²) in [6, 6.07) is 14.3. The van der Waals surface area contributed by atoms with E-state index in [9.17, 15) is 4.79 Å². The molecule has 1 amide bonds. The molecule has 160 valence electrons. The molecule has 0 saturated carbocycles. The van der Waals surface area contributed by atoms with Gasteiger partial charge in [0.05, 0.1) is 16.1 Å². The number of benzene rings is 2. The van der Waals surface area contributed by atoms with Crippen molar-refractivity contribution in [2.24, 2.45) is 0 Å². The van der Waals surface area contributed by atoms with Crippen LogP contribution in [0.5, 0.6) is 0 Å². The first kappa shape index (κ1) is 20.6. The van der Waals surface area contributed by atoms with Gasteiger partial charge in [-0.2, -0.15) is 5.10 Å². The zero-order valence-electron chi connectivity index (χ0n) is 17.2. The lowest BCUT2D eigenvalue weighted by Crippen LogP contribution is -2.45. The first-order valence-electron chi connectivity index (χ1n) is 10.8. The molecule has 0 bridgehead atoms. The van der Waals surface area contributed by atoms with Gasteiger partial charge in [0.1, 0.15) is 0 Å². The smallest absolute Gasteiger partial charge is 0.258 e. The summed E-state index contributed by atoms with van der Waals surface area (Å²) in [7, 11) is 0. The molecule has 1 fully saturated rings. The first-order chi connectivity index (χ1) is 15.2. The summed E-state index contributed by atoms with van der Waals surface area (Å²) < 4.78 is 0. The summed E-state index contributed by atoms with van der Waals surface area (Å²) >= 11 is 7.79. The van der Waals surface area contributed by atoms with Crippen molar-refractivity contribution in [2.75, 3.05) is 19.6 Å². The molecule has 0 aliphatic carbocycles. The van der Waals surface area contributed by atoms with E-state index >= 15 is 0 Å². The quantitative estimate of drug-likeness (QED) is 0.559. The molecule has 1 saturated heterocycles. The number of hydrogen-bond donors (Lipinski definition) is 2. The SMILES string of the molecule is O=C(NC1CCN(CCCc2ccccc2Cl)CC1)C1=Cc2[nH]nc3cccc(c23)S1. The van der Waals surface area contributed by atoms with Crippen LogP contribution in [0, 0.1) is 0 Å². The molecule has 0 spiro atoms. The summed E-state index contributed by atoms with van der Waals surface area (Å²) in [5.74, 6) is 0.0134. The lowest BCUT2D eigenvalue weighted by molar-refractivity contribution is -0.117. The first-order valence-corrected chi connectivity index (χ1v) is 12.0. The fourth-order valence-corrected chi connectivity index (χ4v) is 5.65. The van der Waals surface area contributed by atoms with Crippen molar-refractivity contribution < 1.29 is 4.79 Å². The van der Waals surface area contributed by atoms with E-state index in [2.05, 4.69) is 26.5 Å². The van der Waals surface area contributed by atoms with Gasteiger partial charge in [-0.1, -0.05) is 47.6 Å². The molecule has 2 aliphatic rings. The second-order valence-electron chi connectivity index (χ2n) is 8.18. The Balaban J connectivity index is 1.11. The topological polar surface area (TPSA) is 61.0 Å². The van der Waals surface area contributed by atoms with Crippen molar-refractivity contribution in [2.45, 2.75) is 36.6 Å². The van der Waals surface area contributed by atoms with Crippen molar-refractivity contribution in [1.82, 2.24) is 20.4 Å². The molecule has 1 aromatic heterocycles. The minimum atomic E-state index is 0.0134. The van der Waals surface area contributed by atoms with Crippen molar-refractivity contribution in [3.8, 4) is 0 Å². The lowest BCUT2D eigenvalue weighted by Gasteiger charge is -2.32. The Morgan fingerprint density at radius 3 is 2.87 bits per heavy atom. The van der Waals surface area contributed by atoms with Crippen LogP contribution < -0.4 is 5.32 Å². The highest BCUT2D eigenvalue weighted by atomic mass is 35.5. The van der Waals surface area contributed by atoms with Gasteiger partial charge < -0.3 is 10.2 Å². The molecule has 3 heterocycles. The minimum absolute atomic E-state index is 0.0134. The number of thioether (sulfide) groups is 1. The molecule has 3 aromatic rings. The van der Waals surface area contributed by atoms with E-state index < -0.39 is 0 Å². The zero-order valence-corrected chi connectivity index (χ0v) is 18.8. The van der Waals surface area contributed by atoms with E-state index in [1.54, 1.807) is 0 Å². The number of piperidine rings is 1. The molecule has 5 nitrogen and oxygen atoms in total.